The van der Waals surface area contributed by atoms with Crippen molar-refractivity contribution >= 4 is 17.7 Å². The Morgan fingerprint density at radius 3 is 2.20 bits per heavy atom. The van der Waals surface area contributed by atoms with Crippen LogP contribution in [-0.4, -0.2) is 42.7 Å². The van der Waals surface area contributed by atoms with Crippen LogP contribution in [-0.2, 0) is 4.74 Å². The number of anilines is 1. The largest absolute Gasteiger partial charge is 0.495 e. The standard InChI is InChI=1S/C10H19NO2.C8H10N2O2/c1-10(2,3)13-9(12)11-7-5-4-6-8-11;1-12-7-4-5(8(10)11)2-3-6(7)9/h4-8H2,1-3H3;2-4H,9H2,1H3,(H2,10,11). The maximum absolute atomic E-state index is 11.5. The molecule has 2 amide bonds. The second kappa shape index (κ2) is 9.15. The number of carbonyl (C=O) groups excluding carboxylic acids is 2. The fraction of sp³-hybridized carbons (Fsp3) is 0.556. The monoisotopic (exact) mass is 351 g/mol. The van der Waals surface area contributed by atoms with Gasteiger partial charge in [-0.2, -0.15) is 0 Å². The molecule has 1 fully saturated rings. The third kappa shape index (κ3) is 7.32. The lowest BCUT2D eigenvalue weighted by Crippen LogP contribution is -2.39. The molecule has 2 rings (SSSR count). The Hall–Kier alpha value is -2.44. The Morgan fingerprint density at radius 2 is 1.72 bits per heavy atom. The second-order valence-electron chi connectivity index (χ2n) is 6.85. The molecule has 7 heteroatoms. The number of primary amides is 1. The summed E-state index contributed by atoms with van der Waals surface area (Å²) in [4.78, 5) is 24.0. The SMILES string of the molecule is CC(C)(C)OC(=O)N1CCCCC1.COc1cc(C(N)=O)ccc1N. The van der Waals surface area contributed by atoms with Crippen LogP contribution in [0.4, 0.5) is 10.5 Å². The van der Waals surface area contributed by atoms with Crippen molar-refractivity contribution in [2.24, 2.45) is 5.73 Å². The van der Waals surface area contributed by atoms with E-state index in [1.165, 1.54) is 19.6 Å². The zero-order valence-electron chi connectivity index (χ0n) is 15.5. The lowest BCUT2D eigenvalue weighted by molar-refractivity contribution is 0.0216. The van der Waals surface area contributed by atoms with Crippen LogP contribution < -0.4 is 16.2 Å². The summed E-state index contributed by atoms with van der Waals surface area (Å²) in [5, 5.41) is 0. The average Bonchev–Trinajstić information content (AvgIpc) is 2.55. The highest BCUT2D eigenvalue weighted by atomic mass is 16.6. The minimum absolute atomic E-state index is 0.160. The number of likely N-dealkylation sites (tertiary alicyclic amines) is 1. The average molecular weight is 351 g/mol. The summed E-state index contributed by atoms with van der Waals surface area (Å²) in [6.07, 6.45) is 3.30. The minimum Gasteiger partial charge on any atom is -0.495 e. The van der Waals surface area contributed by atoms with Crippen molar-refractivity contribution in [3.05, 3.63) is 23.8 Å². The van der Waals surface area contributed by atoms with Crippen LogP contribution in [0.3, 0.4) is 0 Å². The first-order chi connectivity index (χ1) is 11.6. The van der Waals surface area contributed by atoms with Crippen LogP contribution in [0, 0.1) is 0 Å². The normalized spacial score (nSPS) is 14.2. The van der Waals surface area contributed by atoms with Crippen molar-refractivity contribution in [3.63, 3.8) is 0 Å². The number of carbonyl (C=O) groups is 2. The van der Waals surface area contributed by atoms with Crippen molar-refractivity contribution in [2.75, 3.05) is 25.9 Å². The fourth-order valence-corrected chi connectivity index (χ4v) is 2.27. The summed E-state index contributed by atoms with van der Waals surface area (Å²) in [6.45, 7) is 7.41. The molecule has 1 aliphatic heterocycles. The van der Waals surface area contributed by atoms with Crippen LogP contribution >= 0.6 is 0 Å². The van der Waals surface area contributed by atoms with E-state index in [-0.39, 0.29) is 11.7 Å². The number of nitrogen functional groups attached to an aromatic ring is 1. The fourth-order valence-electron chi connectivity index (χ4n) is 2.27. The molecule has 25 heavy (non-hydrogen) atoms. The summed E-state index contributed by atoms with van der Waals surface area (Å²) in [5.74, 6) is -0.0281. The van der Waals surface area contributed by atoms with Gasteiger partial charge in [-0.05, 0) is 58.2 Å². The summed E-state index contributed by atoms with van der Waals surface area (Å²) in [5.41, 5.74) is 11.1. The highest BCUT2D eigenvalue weighted by Gasteiger charge is 2.22. The highest BCUT2D eigenvalue weighted by Crippen LogP contribution is 2.21. The number of methoxy groups -OCH3 is 1. The first kappa shape index (κ1) is 20.6. The molecule has 0 aromatic heterocycles. The predicted molar refractivity (Wildman–Crippen MR) is 97.6 cm³/mol. The molecule has 0 radical (unpaired) electrons. The molecule has 1 saturated heterocycles. The molecular formula is C18H29N3O4. The topological polar surface area (TPSA) is 108 Å². The van der Waals surface area contributed by atoms with Crippen LogP contribution in [0.1, 0.15) is 50.4 Å². The Morgan fingerprint density at radius 1 is 1.12 bits per heavy atom. The van der Waals surface area contributed by atoms with Gasteiger partial charge in [0.1, 0.15) is 11.4 Å². The highest BCUT2D eigenvalue weighted by molar-refractivity contribution is 5.93. The van der Waals surface area contributed by atoms with Crippen molar-refractivity contribution in [3.8, 4) is 5.75 Å². The number of amides is 2. The van der Waals surface area contributed by atoms with E-state index in [0.717, 1.165) is 25.9 Å². The number of piperidine rings is 1. The van der Waals surface area contributed by atoms with Gasteiger partial charge < -0.3 is 25.8 Å². The molecule has 4 N–H and O–H groups in total. The van der Waals surface area contributed by atoms with Gasteiger partial charge >= 0.3 is 6.09 Å². The van der Waals surface area contributed by atoms with Gasteiger partial charge in [0, 0.05) is 18.7 Å². The molecule has 0 aliphatic carbocycles. The summed E-state index contributed by atoms with van der Waals surface area (Å²) in [7, 11) is 1.48. The van der Waals surface area contributed by atoms with Crippen molar-refractivity contribution in [1.29, 1.82) is 0 Å². The maximum Gasteiger partial charge on any atom is 0.410 e. The lowest BCUT2D eigenvalue weighted by atomic mass is 10.1. The second-order valence-corrected chi connectivity index (χ2v) is 6.85. The van der Waals surface area contributed by atoms with Crippen LogP contribution in [0.25, 0.3) is 0 Å². The van der Waals surface area contributed by atoms with Crippen LogP contribution in [0.15, 0.2) is 18.2 Å². The van der Waals surface area contributed by atoms with Crippen LogP contribution in [0.2, 0.25) is 0 Å². The summed E-state index contributed by atoms with van der Waals surface area (Å²) in [6, 6.07) is 4.65. The molecule has 1 aromatic carbocycles. The van der Waals surface area contributed by atoms with E-state index >= 15 is 0 Å². The van der Waals surface area contributed by atoms with E-state index in [1.807, 2.05) is 20.8 Å². The smallest absolute Gasteiger partial charge is 0.410 e. The molecule has 140 valence electrons. The molecule has 0 spiro atoms. The molecule has 0 unspecified atom stereocenters. The third-order valence-electron chi connectivity index (χ3n) is 3.53. The Labute approximate surface area is 149 Å². The number of ether oxygens (including phenoxy) is 2. The van der Waals surface area contributed by atoms with E-state index in [9.17, 15) is 9.59 Å². The van der Waals surface area contributed by atoms with Gasteiger partial charge in [0.15, 0.2) is 0 Å². The molecule has 1 aromatic rings. The van der Waals surface area contributed by atoms with Crippen molar-refractivity contribution in [2.45, 2.75) is 45.6 Å². The molecule has 7 nitrogen and oxygen atoms in total. The zero-order chi connectivity index (χ0) is 19.0. The molecule has 0 bridgehead atoms. The first-order valence-corrected chi connectivity index (χ1v) is 8.35. The van der Waals surface area contributed by atoms with Gasteiger partial charge in [-0.25, -0.2) is 4.79 Å². The van der Waals surface area contributed by atoms with E-state index in [2.05, 4.69) is 0 Å². The number of benzene rings is 1. The number of nitrogens with zero attached hydrogens (tertiary/aromatic N) is 1. The zero-order valence-corrected chi connectivity index (χ0v) is 15.5. The minimum atomic E-state index is -0.492. The Kier molecular flexibility index (Phi) is 7.54. The molecule has 1 aliphatic rings. The van der Waals surface area contributed by atoms with Gasteiger partial charge in [-0.15, -0.1) is 0 Å². The lowest BCUT2D eigenvalue weighted by Gasteiger charge is -2.29. The number of hydrogen-bond donors (Lipinski definition) is 2. The predicted octanol–water partition coefficient (Wildman–Crippen LogP) is 2.78. The van der Waals surface area contributed by atoms with Crippen LogP contribution in [0.5, 0.6) is 5.75 Å². The third-order valence-corrected chi connectivity index (χ3v) is 3.53. The number of hydrogen-bond acceptors (Lipinski definition) is 5. The Bertz CT molecular complexity index is 590. The van der Waals surface area contributed by atoms with Gasteiger partial charge in [0.05, 0.1) is 12.8 Å². The first-order valence-electron chi connectivity index (χ1n) is 8.35. The number of nitrogens with two attached hydrogens (primary N) is 2. The van der Waals surface area contributed by atoms with Crippen molar-refractivity contribution < 1.29 is 19.1 Å². The molecule has 1 heterocycles. The molecule has 0 saturated carbocycles. The van der Waals surface area contributed by atoms with Gasteiger partial charge in [0.25, 0.3) is 0 Å². The van der Waals surface area contributed by atoms with Gasteiger partial charge in [0.2, 0.25) is 5.91 Å². The van der Waals surface area contributed by atoms with E-state index in [4.69, 9.17) is 20.9 Å². The Balaban J connectivity index is 0.000000251. The molecule has 0 atom stereocenters. The summed E-state index contributed by atoms with van der Waals surface area (Å²) < 4.78 is 10.2. The van der Waals surface area contributed by atoms with Gasteiger partial charge in [-0.1, -0.05) is 0 Å². The van der Waals surface area contributed by atoms with Gasteiger partial charge in [-0.3, -0.25) is 4.79 Å². The van der Waals surface area contributed by atoms with E-state index < -0.39 is 5.91 Å². The van der Waals surface area contributed by atoms with E-state index in [0.29, 0.717) is 17.0 Å². The quantitative estimate of drug-likeness (QED) is 0.797. The number of rotatable bonds is 2. The summed E-state index contributed by atoms with van der Waals surface area (Å²) >= 11 is 0. The maximum atomic E-state index is 11.5. The molecular weight excluding hydrogens is 322 g/mol. The van der Waals surface area contributed by atoms with Crippen molar-refractivity contribution in [1.82, 2.24) is 4.90 Å². The van der Waals surface area contributed by atoms with E-state index in [1.54, 1.807) is 17.0 Å².